The zero-order valence-corrected chi connectivity index (χ0v) is 21.1. The molecule has 2 fully saturated rings. The van der Waals surface area contributed by atoms with Crippen LogP contribution in [0.3, 0.4) is 0 Å². The maximum atomic E-state index is 12.3. The summed E-state index contributed by atoms with van der Waals surface area (Å²) in [6.45, 7) is 4.68. The van der Waals surface area contributed by atoms with Crippen molar-refractivity contribution in [1.82, 2.24) is 14.6 Å². The van der Waals surface area contributed by atoms with Gasteiger partial charge in [0.15, 0.2) is 0 Å². The number of carbonyl (C=O) groups is 1. The molecule has 0 bridgehead atoms. The number of hydrogen-bond donors (Lipinski definition) is 3. The molecule has 3 aromatic rings. The predicted molar refractivity (Wildman–Crippen MR) is 138 cm³/mol. The molecular formula is C25H32N4O3S2. The number of nitrogens with two attached hydrogens (primary N) is 1. The molecule has 182 valence electrons. The average Bonchev–Trinajstić information content (AvgIpc) is 3.36. The summed E-state index contributed by atoms with van der Waals surface area (Å²) >= 11 is 1.73. The SMILES string of the molecule is CCS(=O)(=O)N1CCC(c2c[nH]c3c(C(N)=O)cc(-c4csc(CNCC5CC5)c4)cc23)CC1. The van der Waals surface area contributed by atoms with Crippen LogP contribution in [0.2, 0.25) is 0 Å². The zero-order valence-electron chi connectivity index (χ0n) is 19.5. The van der Waals surface area contributed by atoms with Crippen LogP contribution in [-0.4, -0.2) is 49.0 Å². The third-order valence-electron chi connectivity index (χ3n) is 7.16. The lowest BCUT2D eigenvalue weighted by Gasteiger charge is -2.31. The molecule has 2 aromatic heterocycles. The first-order chi connectivity index (χ1) is 16.4. The number of thiophene rings is 1. The summed E-state index contributed by atoms with van der Waals surface area (Å²) in [5.41, 5.74) is 10.2. The molecule has 0 atom stereocenters. The van der Waals surface area contributed by atoms with Gasteiger partial charge < -0.3 is 16.0 Å². The van der Waals surface area contributed by atoms with Gasteiger partial charge in [0.25, 0.3) is 5.91 Å². The Morgan fingerprint density at radius 2 is 1.94 bits per heavy atom. The molecule has 34 heavy (non-hydrogen) atoms. The van der Waals surface area contributed by atoms with Gasteiger partial charge >= 0.3 is 0 Å². The van der Waals surface area contributed by atoms with Crippen molar-refractivity contribution >= 4 is 38.2 Å². The monoisotopic (exact) mass is 500 g/mol. The van der Waals surface area contributed by atoms with Crippen molar-refractivity contribution in [2.75, 3.05) is 25.4 Å². The van der Waals surface area contributed by atoms with Crippen molar-refractivity contribution in [2.24, 2.45) is 11.7 Å². The minimum Gasteiger partial charge on any atom is -0.366 e. The first-order valence-electron chi connectivity index (χ1n) is 12.1. The summed E-state index contributed by atoms with van der Waals surface area (Å²) in [5, 5.41) is 6.68. The number of hydrogen-bond acceptors (Lipinski definition) is 5. The highest BCUT2D eigenvalue weighted by Gasteiger charge is 2.29. The Morgan fingerprint density at radius 3 is 2.62 bits per heavy atom. The van der Waals surface area contributed by atoms with Crippen LogP contribution in [0.25, 0.3) is 22.0 Å². The summed E-state index contributed by atoms with van der Waals surface area (Å²) in [5.74, 6) is 0.763. The molecule has 1 amide bonds. The van der Waals surface area contributed by atoms with Crippen molar-refractivity contribution in [3.63, 3.8) is 0 Å². The molecule has 4 N–H and O–H groups in total. The van der Waals surface area contributed by atoms with Gasteiger partial charge in [0.1, 0.15) is 0 Å². The largest absolute Gasteiger partial charge is 0.366 e. The number of aromatic nitrogens is 1. The fraction of sp³-hybridized carbons (Fsp3) is 0.480. The van der Waals surface area contributed by atoms with E-state index < -0.39 is 15.9 Å². The summed E-state index contributed by atoms with van der Waals surface area (Å²) in [7, 11) is -3.16. The number of fused-ring (bicyclic) bond motifs is 1. The Kier molecular flexibility index (Phi) is 6.54. The van der Waals surface area contributed by atoms with Crippen LogP contribution in [0.4, 0.5) is 0 Å². The first kappa shape index (κ1) is 23.5. The quantitative estimate of drug-likeness (QED) is 0.412. The van der Waals surface area contributed by atoms with Gasteiger partial charge in [0, 0.05) is 36.1 Å². The molecular weight excluding hydrogens is 468 g/mol. The molecule has 2 aliphatic rings. The van der Waals surface area contributed by atoms with Crippen molar-refractivity contribution in [2.45, 2.75) is 45.1 Å². The molecule has 0 spiro atoms. The lowest BCUT2D eigenvalue weighted by atomic mass is 9.88. The number of sulfonamides is 1. The summed E-state index contributed by atoms with van der Waals surface area (Å²) in [4.78, 5) is 16.9. The zero-order chi connectivity index (χ0) is 23.9. The van der Waals surface area contributed by atoms with Crippen molar-refractivity contribution in [3.05, 3.63) is 45.8 Å². The number of primary amides is 1. The molecule has 7 nitrogen and oxygen atoms in total. The number of H-pyrrole nitrogens is 1. The van der Waals surface area contributed by atoms with Crippen LogP contribution >= 0.6 is 11.3 Å². The Labute approximate surface area is 204 Å². The van der Waals surface area contributed by atoms with Gasteiger partial charge in [-0.15, -0.1) is 11.3 Å². The minimum atomic E-state index is -3.16. The highest BCUT2D eigenvalue weighted by molar-refractivity contribution is 7.89. The molecule has 1 aliphatic heterocycles. The highest BCUT2D eigenvalue weighted by Crippen LogP contribution is 2.38. The summed E-state index contributed by atoms with van der Waals surface area (Å²) in [6, 6.07) is 6.22. The molecule has 5 rings (SSSR count). The topological polar surface area (TPSA) is 108 Å². The van der Waals surface area contributed by atoms with E-state index >= 15 is 0 Å². The number of nitrogens with zero attached hydrogens (tertiary/aromatic N) is 1. The van der Waals surface area contributed by atoms with E-state index in [-0.39, 0.29) is 11.7 Å². The standard InChI is InChI=1S/C25H32N4O3S2/c1-2-34(31,32)29-7-5-17(6-8-29)23-14-28-24-21(23)10-18(11-22(24)25(26)30)19-9-20(33-15-19)13-27-12-16-3-4-16/h9-11,14-17,27-28H,2-8,12-13H2,1H3,(H2,26,30). The Morgan fingerprint density at radius 1 is 1.18 bits per heavy atom. The van der Waals surface area contributed by atoms with Crippen molar-refractivity contribution in [1.29, 1.82) is 0 Å². The second kappa shape index (κ2) is 9.45. The van der Waals surface area contributed by atoms with Gasteiger partial charge in [-0.2, -0.15) is 0 Å². The smallest absolute Gasteiger partial charge is 0.250 e. The van der Waals surface area contributed by atoms with E-state index in [1.165, 1.54) is 17.7 Å². The lowest BCUT2D eigenvalue weighted by Crippen LogP contribution is -2.38. The summed E-state index contributed by atoms with van der Waals surface area (Å²) in [6.07, 6.45) is 6.17. The third-order valence-corrected chi connectivity index (χ3v) is 9.97. The van der Waals surface area contributed by atoms with Gasteiger partial charge in [0.2, 0.25) is 10.0 Å². The number of amides is 1. The van der Waals surface area contributed by atoms with Crippen LogP contribution in [0.1, 0.15) is 59.3 Å². The van der Waals surface area contributed by atoms with E-state index in [2.05, 4.69) is 27.8 Å². The number of benzene rings is 1. The van der Waals surface area contributed by atoms with Gasteiger partial charge in [-0.1, -0.05) is 0 Å². The van der Waals surface area contributed by atoms with Crippen LogP contribution in [-0.2, 0) is 16.6 Å². The maximum Gasteiger partial charge on any atom is 0.250 e. The van der Waals surface area contributed by atoms with Gasteiger partial charge in [-0.05, 0) is 91.3 Å². The Hall–Kier alpha value is -2.20. The second-order valence-corrected chi connectivity index (χ2v) is 12.8. The number of carbonyl (C=O) groups excluding carboxylic acids is 1. The van der Waals surface area contributed by atoms with E-state index in [4.69, 9.17) is 5.73 Å². The number of aromatic amines is 1. The van der Waals surface area contributed by atoms with Crippen LogP contribution < -0.4 is 11.1 Å². The van der Waals surface area contributed by atoms with Crippen LogP contribution in [0.5, 0.6) is 0 Å². The fourth-order valence-corrected chi connectivity index (χ4v) is 6.92. The van der Waals surface area contributed by atoms with Crippen LogP contribution in [0.15, 0.2) is 29.8 Å². The maximum absolute atomic E-state index is 12.3. The first-order valence-corrected chi connectivity index (χ1v) is 14.6. The highest BCUT2D eigenvalue weighted by atomic mass is 32.2. The molecule has 1 aliphatic carbocycles. The van der Waals surface area contributed by atoms with Gasteiger partial charge in [-0.3, -0.25) is 4.79 Å². The second-order valence-electron chi connectivity index (χ2n) is 9.50. The third kappa shape index (κ3) is 4.79. The normalized spacial score (nSPS) is 18.0. The van der Waals surface area contributed by atoms with Crippen LogP contribution in [0, 0.1) is 5.92 Å². The molecule has 1 saturated heterocycles. The van der Waals surface area contributed by atoms with E-state index in [0.717, 1.165) is 59.4 Å². The summed E-state index contributed by atoms with van der Waals surface area (Å²) < 4.78 is 26.1. The number of nitrogens with one attached hydrogen (secondary N) is 2. The fourth-order valence-electron chi connectivity index (χ4n) is 4.93. The Bertz CT molecular complexity index is 1300. The molecule has 1 saturated carbocycles. The molecule has 0 unspecified atom stereocenters. The van der Waals surface area contributed by atoms with Gasteiger partial charge in [0.05, 0.1) is 16.8 Å². The molecule has 0 radical (unpaired) electrons. The molecule has 3 heterocycles. The van der Waals surface area contributed by atoms with E-state index in [9.17, 15) is 13.2 Å². The van der Waals surface area contributed by atoms with E-state index in [1.807, 2.05) is 12.3 Å². The molecule has 1 aromatic carbocycles. The van der Waals surface area contributed by atoms with E-state index in [1.54, 1.807) is 22.6 Å². The minimum absolute atomic E-state index is 0.134. The number of rotatable bonds is 9. The average molecular weight is 501 g/mol. The predicted octanol–water partition coefficient (Wildman–Crippen LogP) is 4.02. The number of piperidine rings is 1. The van der Waals surface area contributed by atoms with Crippen molar-refractivity contribution in [3.8, 4) is 11.1 Å². The van der Waals surface area contributed by atoms with Gasteiger partial charge in [-0.25, -0.2) is 12.7 Å². The Balaban J connectivity index is 1.42. The lowest BCUT2D eigenvalue weighted by molar-refractivity contribution is 0.100. The van der Waals surface area contributed by atoms with Crippen molar-refractivity contribution < 1.29 is 13.2 Å². The van der Waals surface area contributed by atoms with E-state index in [0.29, 0.717) is 18.7 Å². The molecule has 9 heteroatoms.